The van der Waals surface area contributed by atoms with Gasteiger partial charge in [0.05, 0.1) is 32.3 Å². The number of hydrogen-bond donors (Lipinski definition) is 0. The van der Waals surface area contributed by atoms with Crippen molar-refractivity contribution in [2.45, 2.75) is 57.3 Å². The first kappa shape index (κ1) is 33.9. The van der Waals surface area contributed by atoms with E-state index in [1.807, 2.05) is 6.92 Å². The monoisotopic (exact) mass is 655 g/mol. The summed E-state index contributed by atoms with van der Waals surface area (Å²) < 4.78 is 66.0. The average molecular weight is 657 g/mol. The molecule has 0 bridgehead atoms. The van der Waals surface area contributed by atoms with Crippen LogP contribution in [0, 0.1) is 0 Å². The second-order valence-electron chi connectivity index (χ2n) is 10.7. The standard InChI is InChI=1S/C28H35Cl3F3N3O3S/c1-5-37(41(4,39)40)21-10-13-36(14-11-21)15-12-27(2,20-7-9-24(30)25(31)17-20)26(38)35(3)18-19-6-8-23(29)22(16-19)28(32,33)34/h6-9,16-17,21H,5,10-15,18H2,1-4H3. The van der Waals surface area contributed by atoms with Crippen molar-refractivity contribution in [2.75, 3.05) is 39.5 Å². The zero-order chi connectivity index (χ0) is 30.8. The van der Waals surface area contributed by atoms with Crippen LogP contribution in [0.5, 0.6) is 0 Å². The summed E-state index contributed by atoms with van der Waals surface area (Å²) in [7, 11) is -1.75. The number of nitrogens with zero attached hydrogens (tertiary/aromatic N) is 3. The molecule has 13 heteroatoms. The Kier molecular flexibility index (Phi) is 11.1. The molecule has 2 aromatic rings. The van der Waals surface area contributed by atoms with Crippen molar-refractivity contribution in [2.24, 2.45) is 0 Å². The third kappa shape index (κ3) is 8.30. The second-order valence-corrected chi connectivity index (χ2v) is 13.9. The maximum atomic E-state index is 14.0. The van der Waals surface area contributed by atoms with Gasteiger partial charge in [-0.05, 0) is 81.2 Å². The predicted octanol–water partition coefficient (Wildman–Crippen LogP) is 6.72. The lowest BCUT2D eigenvalue weighted by atomic mass is 9.77. The zero-order valence-electron chi connectivity index (χ0n) is 23.4. The third-order valence-corrected chi connectivity index (χ3v) is 10.2. The number of halogens is 6. The van der Waals surface area contributed by atoms with E-state index in [0.29, 0.717) is 66.6 Å². The van der Waals surface area contributed by atoms with Crippen molar-refractivity contribution in [3.63, 3.8) is 0 Å². The van der Waals surface area contributed by atoms with E-state index >= 15 is 0 Å². The van der Waals surface area contributed by atoms with Crippen LogP contribution < -0.4 is 0 Å². The molecule has 41 heavy (non-hydrogen) atoms. The molecule has 228 valence electrons. The van der Waals surface area contributed by atoms with Crippen LogP contribution in [0.15, 0.2) is 36.4 Å². The number of benzene rings is 2. The molecule has 0 saturated carbocycles. The zero-order valence-corrected chi connectivity index (χ0v) is 26.5. The molecule has 0 N–H and O–H groups in total. The molecule has 1 aliphatic heterocycles. The number of alkyl halides is 3. The van der Waals surface area contributed by atoms with Gasteiger partial charge in [-0.15, -0.1) is 0 Å². The van der Waals surface area contributed by atoms with Crippen LogP contribution in [-0.4, -0.2) is 74.0 Å². The lowest BCUT2D eigenvalue weighted by Crippen LogP contribution is -2.49. The van der Waals surface area contributed by atoms with E-state index in [1.54, 1.807) is 32.2 Å². The van der Waals surface area contributed by atoms with Crippen LogP contribution in [0.1, 0.15) is 49.8 Å². The number of carbonyl (C=O) groups excluding carboxylic acids is 1. The van der Waals surface area contributed by atoms with Gasteiger partial charge in [0.1, 0.15) is 0 Å². The lowest BCUT2D eigenvalue weighted by Gasteiger charge is -2.39. The smallest absolute Gasteiger partial charge is 0.341 e. The fourth-order valence-corrected chi connectivity index (χ4v) is 7.19. The number of carbonyl (C=O) groups is 1. The van der Waals surface area contributed by atoms with Gasteiger partial charge in [-0.1, -0.05) is 53.9 Å². The summed E-state index contributed by atoms with van der Waals surface area (Å²) in [6.07, 6.45) is -1.64. The van der Waals surface area contributed by atoms with Gasteiger partial charge in [-0.25, -0.2) is 8.42 Å². The van der Waals surface area contributed by atoms with E-state index in [4.69, 9.17) is 34.8 Å². The van der Waals surface area contributed by atoms with Crippen molar-refractivity contribution >= 4 is 50.7 Å². The Bertz CT molecular complexity index is 1350. The van der Waals surface area contributed by atoms with Crippen molar-refractivity contribution in [1.29, 1.82) is 0 Å². The highest BCUT2D eigenvalue weighted by Crippen LogP contribution is 2.37. The Hall–Kier alpha value is -1.56. The van der Waals surface area contributed by atoms with E-state index in [9.17, 15) is 26.4 Å². The maximum absolute atomic E-state index is 14.0. The summed E-state index contributed by atoms with van der Waals surface area (Å²) in [5.74, 6) is -0.288. The number of rotatable bonds is 10. The van der Waals surface area contributed by atoms with Gasteiger partial charge < -0.3 is 9.80 Å². The third-order valence-electron chi connectivity index (χ3n) is 7.76. The van der Waals surface area contributed by atoms with E-state index in [2.05, 4.69) is 4.90 Å². The molecule has 0 aromatic heterocycles. The fraction of sp³-hybridized carbons (Fsp3) is 0.536. The molecule has 0 radical (unpaired) electrons. The first-order valence-electron chi connectivity index (χ1n) is 13.2. The van der Waals surface area contributed by atoms with Crippen LogP contribution in [0.3, 0.4) is 0 Å². The van der Waals surface area contributed by atoms with Gasteiger partial charge in [-0.3, -0.25) is 4.79 Å². The van der Waals surface area contributed by atoms with Crippen LogP contribution in [0.4, 0.5) is 13.2 Å². The van der Waals surface area contributed by atoms with Crippen LogP contribution in [0.25, 0.3) is 0 Å². The molecular formula is C28H35Cl3F3N3O3S. The Morgan fingerprint density at radius 3 is 2.17 bits per heavy atom. The van der Waals surface area contributed by atoms with Crippen LogP contribution in [0.2, 0.25) is 15.1 Å². The molecule has 1 unspecified atom stereocenters. The lowest BCUT2D eigenvalue weighted by molar-refractivity contribution is -0.137. The molecule has 0 aliphatic carbocycles. The summed E-state index contributed by atoms with van der Waals surface area (Å²) in [6.45, 7) is 5.87. The topological polar surface area (TPSA) is 60.9 Å². The molecule has 1 fully saturated rings. The van der Waals surface area contributed by atoms with Crippen molar-refractivity contribution in [1.82, 2.24) is 14.1 Å². The van der Waals surface area contributed by atoms with Gasteiger partial charge in [-0.2, -0.15) is 17.5 Å². The Balaban J connectivity index is 1.81. The molecule has 1 amide bonds. The molecule has 1 aliphatic rings. The molecule has 1 saturated heterocycles. The maximum Gasteiger partial charge on any atom is 0.417 e. The minimum absolute atomic E-state index is 0.0558. The van der Waals surface area contributed by atoms with Crippen LogP contribution in [-0.2, 0) is 33.0 Å². The highest BCUT2D eigenvalue weighted by molar-refractivity contribution is 7.88. The quantitative estimate of drug-likeness (QED) is 0.285. The van der Waals surface area contributed by atoms with Gasteiger partial charge in [0.15, 0.2) is 0 Å². The summed E-state index contributed by atoms with van der Waals surface area (Å²) in [6, 6.07) is 8.56. The molecule has 6 nitrogen and oxygen atoms in total. The van der Waals surface area contributed by atoms with Gasteiger partial charge in [0, 0.05) is 26.2 Å². The van der Waals surface area contributed by atoms with Crippen molar-refractivity contribution < 1.29 is 26.4 Å². The van der Waals surface area contributed by atoms with E-state index < -0.39 is 32.2 Å². The number of hydrogen-bond acceptors (Lipinski definition) is 4. The number of likely N-dealkylation sites (N-methyl/N-ethyl adjacent to an activating group) is 1. The Morgan fingerprint density at radius 1 is 1.02 bits per heavy atom. The Morgan fingerprint density at radius 2 is 1.63 bits per heavy atom. The molecular weight excluding hydrogens is 622 g/mol. The largest absolute Gasteiger partial charge is 0.417 e. The molecule has 0 spiro atoms. The predicted molar refractivity (Wildman–Crippen MR) is 158 cm³/mol. The normalized spacial score (nSPS) is 17.0. The minimum Gasteiger partial charge on any atom is -0.341 e. The first-order valence-corrected chi connectivity index (χ1v) is 16.2. The molecule has 3 rings (SSSR count). The molecule has 1 heterocycles. The number of sulfonamides is 1. The van der Waals surface area contributed by atoms with Crippen molar-refractivity contribution in [3.8, 4) is 0 Å². The van der Waals surface area contributed by atoms with Gasteiger partial charge in [0.2, 0.25) is 15.9 Å². The molecule has 2 aromatic carbocycles. The Labute approximate surface area is 255 Å². The number of piperidine rings is 1. The minimum atomic E-state index is -4.62. The number of amides is 1. The summed E-state index contributed by atoms with van der Waals surface area (Å²) >= 11 is 18.2. The average Bonchev–Trinajstić information content (AvgIpc) is 2.89. The molecule has 1 atom stereocenters. The summed E-state index contributed by atoms with van der Waals surface area (Å²) in [5.41, 5.74) is -1.09. The number of likely N-dealkylation sites (tertiary alicyclic amines) is 1. The highest BCUT2D eigenvalue weighted by atomic mass is 35.5. The van der Waals surface area contributed by atoms with Crippen molar-refractivity contribution in [3.05, 3.63) is 68.2 Å². The fourth-order valence-electron chi connectivity index (χ4n) is 5.45. The highest BCUT2D eigenvalue weighted by Gasteiger charge is 2.39. The van der Waals surface area contributed by atoms with E-state index in [1.165, 1.54) is 27.6 Å². The van der Waals surface area contributed by atoms with E-state index in [0.717, 1.165) is 6.07 Å². The second kappa shape index (κ2) is 13.4. The van der Waals surface area contributed by atoms with Gasteiger partial charge in [0.25, 0.3) is 0 Å². The summed E-state index contributed by atoms with van der Waals surface area (Å²) in [4.78, 5) is 17.6. The SMILES string of the molecule is CCN(C1CCN(CCC(C)(C(=O)N(C)Cc2ccc(Cl)c(C(F)(F)F)c2)c2ccc(Cl)c(Cl)c2)CC1)S(C)(=O)=O. The van der Waals surface area contributed by atoms with E-state index in [-0.39, 0.29) is 18.5 Å². The summed E-state index contributed by atoms with van der Waals surface area (Å²) in [5, 5.41) is 0.227. The first-order chi connectivity index (χ1) is 19.0. The van der Waals surface area contributed by atoms with Crippen LogP contribution >= 0.6 is 34.8 Å². The van der Waals surface area contributed by atoms with Gasteiger partial charge >= 0.3 is 6.18 Å².